The summed E-state index contributed by atoms with van der Waals surface area (Å²) in [6.45, 7) is 4.71. The van der Waals surface area contributed by atoms with Gasteiger partial charge in [0, 0.05) is 0 Å². The first kappa shape index (κ1) is 9.74. The summed E-state index contributed by atoms with van der Waals surface area (Å²) in [6, 6.07) is 0. The van der Waals surface area contributed by atoms with Crippen LogP contribution in [0.1, 0.15) is 26.7 Å². The first-order valence-corrected chi connectivity index (χ1v) is 5.54. The molecule has 0 aromatic carbocycles. The van der Waals surface area contributed by atoms with E-state index in [1.807, 2.05) is 13.8 Å². The molecule has 0 radical (unpaired) electrons. The highest BCUT2D eigenvalue weighted by Crippen LogP contribution is 2.24. The average Bonchev–Trinajstić information content (AvgIpc) is 2.26. The van der Waals surface area contributed by atoms with Crippen molar-refractivity contribution < 1.29 is 9.47 Å². The molecule has 0 aromatic rings. The topological polar surface area (TPSA) is 18.5 Å². The van der Waals surface area contributed by atoms with Crippen molar-refractivity contribution in [1.29, 1.82) is 0 Å². The molecule has 0 aromatic heterocycles. The molecule has 0 spiro atoms. The van der Waals surface area contributed by atoms with Crippen LogP contribution >= 0.6 is 22.6 Å². The predicted molar refractivity (Wildman–Crippen MR) is 53.0 cm³/mol. The third-order valence-corrected chi connectivity index (χ3v) is 2.49. The second-order valence-electron chi connectivity index (χ2n) is 3.28. The van der Waals surface area contributed by atoms with E-state index in [-0.39, 0.29) is 5.79 Å². The van der Waals surface area contributed by atoms with Crippen molar-refractivity contribution in [3.63, 3.8) is 0 Å². The van der Waals surface area contributed by atoms with Crippen LogP contribution in [0.3, 0.4) is 0 Å². The van der Waals surface area contributed by atoms with Gasteiger partial charge in [0.2, 0.25) is 0 Å². The zero-order valence-corrected chi connectivity index (χ0v) is 9.26. The van der Waals surface area contributed by atoms with E-state index >= 15 is 0 Å². The van der Waals surface area contributed by atoms with Crippen molar-refractivity contribution >= 4 is 22.6 Å². The van der Waals surface area contributed by atoms with E-state index in [1.165, 1.54) is 10.8 Å². The lowest BCUT2D eigenvalue weighted by Crippen LogP contribution is -2.21. The van der Waals surface area contributed by atoms with Crippen LogP contribution in [0.5, 0.6) is 0 Å². The fourth-order valence-electron chi connectivity index (χ4n) is 1.21. The minimum absolute atomic E-state index is 0.333. The highest BCUT2D eigenvalue weighted by atomic mass is 127. The summed E-state index contributed by atoms with van der Waals surface area (Å²) in [5.74, 6) is -0.337. The molecule has 1 atom stereocenters. The fraction of sp³-hybridized carbons (Fsp3) is 1.00. The highest BCUT2D eigenvalue weighted by Gasteiger charge is 2.31. The molecular formula is C8H15IO2. The van der Waals surface area contributed by atoms with Crippen LogP contribution in [0.2, 0.25) is 0 Å². The molecule has 1 heterocycles. The molecule has 66 valence electrons. The first-order chi connectivity index (χ1) is 5.14. The van der Waals surface area contributed by atoms with Crippen molar-refractivity contribution in [3.8, 4) is 0 Å². The minimum atomic E-state index is -0.337. The van der Waals surface area contributed by atoms with Gasteiger partial charge in [-0.3, -0.25) is 0 Å². The van der Waals surface area contributed by atoms with Crippen LogP contribution in [0.15, 0.2) is 0 Å². The number of ether oxygens (including phenoxy) is 2. The highest BCUT2D eigenvalue weighted by molar-refractivity contribution is 14.1. The largest absolute Gasteiger partial charge is 0.348 e. The van der Waals surface area contributed by atoms with Crippen molar-refractivity contribution in [3.05, 3.63) is 0 Å². The summed E-state index contributed by atoms with van der Waals surface area (Å²) in [5.41, 5.74) is 0. The molecule has 1 aliphatic heterocycles. The third kappa shape index (κ3) is 3.25. The van der Waals surface area contributed by atoms with Gasteiger partial charge in [-0.15, -0.1) is 0 Å². The van der Waals surface area contributed by atoms with Crippen LogP contribution in [-0.2, 0) is 9.47 Å². The second kappa shape index (κ2) is 4.05. The molecule has 1 saturated heterocycles. The summed E-state index contributed by atoms with van der Waals surface area (Å²) < 4.78 is 12.3. The van der Waals surface area contributed by atoms with Crippen molar-refractivity contribution in [2.24, 2.45) is 0 Å². The van der Waals surface area contributed by atoms with E-state index in [9.17, 15) is 0 Å². The minimum Gasteiger partial charge on any atom is -0.348 e. The van der Waals surface area contributed by atoms with Gasteiger partial charge in [0.05, 0.1) is 12.7 Å². The Hall–Kier alpha value is 0.650. The van der Waals surface area contributed by atoms with Crippen molar-refractivity contribution in [1.82, 2.24) is 0 Å². The Morgan fingerprint density at radius 2 is 2.27 bits per heavy atom. The summed E-state index contributed by atoms with van der Waals surface area (Å²) in [5, 5.41) is 0. The van der Waals surface area contributed by atoms with Gasteiger partial charge in [-0.05, 0) is 31.1 Å². The fourth-order valence-corrected chi connectivity index (χ4v) is 1.65. The maximum atomic E-state index is 5.63. The van der Waals surface area contributed by atoms with E-state index < -0.39 is 0 Å². The Kier molecular flexibility index (Phi) is 3.58. The van der Waals surface area contributed by atoms with E-state index in [4.69, 9.17) is 9.47 Å². The molecule has 2 nitrogen and oxygen atoms in total. The standard InChI is InChI=1S/C8H15IO2/c1-8(2)10-6-7(11-8)4-3-5-9/h7H,3-6H2,1-2H3/t7-/m0/s1. The molecule has 1 fully saturated rings. The van der Waals surface area contributed by atoms with Gasteiger partial charge < -0.3 is 9.47 Å². The lowest BCUT2D eigenvalue weighted by atomic mass is 10.2. The monoisotopic (exact) mass is 270 g/mol. The van der Waals surface area contributed by atoms with E-state index in [0.29, 0.717) is 6.10 Å². The molecule has 3 heteroatoms. The molecule has 1 aliphatic rings. The van der Waals surface area contributed by atoms with E-state index in [1.54, 1.807) is 0 Å². The molecule has 0 aliphatic carbocycles. The Morgan fingerprint density at radius 1 is 1.55 bits per heavy atom. The van der Waals surface area contributed by atoms with E-state index in [0.717, 1.165) is 13.0 Å². The first-order valence-electron chi connectivity index (χ1n) is 4.02. The van der Waals surface area contributed by atoms with Gasteiger partial charge in [0.15, 0.2) is 5.79 Å². The second-order valence-corrected chi connectivity index (χ2v) is 4.36. The lowest BCUT2D eigenvalue weighted by Gasteiger charge is -2.16. The maximum Gasteiger partial charge on any atom is 0.163 e. The molecular weight excluding hydrogens is 255 g/mol. The average molecular weight is 270 g/mol. The zero-order chi connectivity index (χ0) is 8.32. The number of alkyl halides is 1. The van der Waals surface area contributed by atoms with Gasteiger partial charge in [-0.1, -0.05) is 22.6 Å². The van der Waals surface area contributed by atoms with Crippen molar-refractivity contribution in [2.45, 2.75) is 38.6 Å². The number of hydrogen-bond donors (Lipinski definition) is 0. The Balaban J connectivity index is 2.20. The molecule has 11 heavy (non-hydrogen) atoms. The quantitative estimate of drug-likeness (QED) is 0.579. The van der Waals surface area contributed by atoms with Gasteiger partial charge in [0.1, 0.15) is 0 Å². The summed E-state index contributed by atoms with van der Waals surface area (Å²) in [4.78, 5) is 0. The number of hydrogen-bond acceptors (Lipinski definition) is 2. The maximum absolute atomic E-state index is 5.63. The smallest absolute Gasteiger partial charge is 0.163 e. The zero-order valence-electron chi connectivity index (χ0n) is 7.10. The van der Waals surface area contributed by atoms with Crippen LogP contribution in [0.4, 0.5) is 0 Å². The molecule has 0 saturated carbocycles. The van der Waals surface area contributed by atoms with Gasteiger partial charge in [-0.2, -0.15) is 0 Å². The van der Waals surface area contributed by atoms with E-state index in [2.05, 4.69) is 22.6 Å². The van der Waals surface area contributed by atoms with Gasteiger partial charge in [-0.25, -0.2) is 0 Å². The predicted octanol–water partition coefficient (Wildman–Crippen LogP) is 2.35. The molecule has 1 rings (SSSR count). The van der Waals surface area contributed by atoms with Crippen LogP contribution in [-0.4, -0.2) is 22.9 Å². The molecule has 0 unspecified atom stereocenters. The summed E-state index contributed by atoms with van der Waals surface area (Å²) in [7, 11) is 0. The molecule has 0 bridgehead atoms. The number of halogens is 1. The third-order valence-electron chi connectivity index (χ3n) is 1.73. The summed E-state index contributed by atoms with van der Waals surface area (Å²) in [6.07, 6.45) is 2.69. The van der Waals surface area contributed by atoms with Crippen LogP contribution in [0, 0.1) is 0 Å². The van der Waals surface area contributed by atoms with Gasteiger partial charge in [0.25, 0.3) is 0 Å². The van der Waals surface area contributed by atoms with Gasteiger partial charge >= 0.3 is 0 Å². The summed E-state index contributed by atoms with van der Waals surface area (Å²) >= 11 is 2.39. The van der Waals surface area contributed by atoms with Crippen LogP contribution in [0.25, 0.3) is 0 Å². The SMILES string of the molecule is CC1(C)OC[C@H](CCCI)O1. The van der Waals surface area contributed by atoms with Crippen LogP contribution < -0.4 is 0 Å². The Morgan fingerprint density at radius 3 is 2.73 bits per heavy atom. The Labute approximate surface area is 81.8 Å². The van der Waals surface area contributed by atoms with Crippen molar-refractivity contribution in [2.75, 3.05) is 11.0 Å². The number of rotatable bonds is 3. The normalized spacial score (nSPS) is 29.2. The molecule has 0 N–H and O–H groups in total. The molecule has 0 amide bonds. The Bertz CT molecular complexity index is 125. The lowest BCUT2D eigenvalue weighted by molar-refractivity contribution is -0.138.